The fourth-order valence-electron chi connectivity index (χ4n) is 2.01. The van der Waals surface area contributed by atoms with Crippen molar-refractivity contribution >= 4 is 0 Å². The molecule has 1 saturated heterocycles. The summed E-state index contributed by atoms with van der Waals surface area (Å²) in [4.78, 5) is 0. The third-order valence-corrected chi connectivity index (χ3v) is 2.69. The number of rotatable bonds is 1. The highest BCUT2D eigenvalue weighted by Crippen LogP contribution is 2.35. The van der Waals surface area contributed by atoms with Crippen LogP contribution in [0.5, 0.6) is 0 Å². The van der Waals surface area contributed by atoms with E-state index in [2.05, 4.69) is 5.32 Å². The Hall–Kier alpha value is -0.0800. The molecule has 2 nitrogen and oxygen atoms in total. The molecule has 2 N–H and O–H groups in total. The molecule has 0 bridgehead atoms. The molecule has 1 aliphatic carbocycles. The van der Waals surface area contributed by atoms with Crippen molar-refractivity contribution in [3.63, 3.8) is 0 Å². The maximum atomic E-state index is 8.80. The number of aliphatic hydroxyl groups excluding tert-OH is 1. The molecule has 52 valence electrons. The Kier molecular flexibility index (Phi) is 1.24. The van der Waals surface area contributed by atoms with Crippen molar-refractivity contribution in [2.75, 3.05) is 13.2 Å². The van der Waals surface area contributed by atoms with Crippen LogP contribution < -0.4 is 5.32 Å². The second-order valence-corrected chi connectivity index (χ2v) is 3.29. The Morgan fingerprint density at radius 2 is 2.33 bits per heavy atom. The molecule has 0 spiro atoms. The largest absolute Gasteiger partial charge is 0.396 e. The van der Waals surface area contributed by atoms with Crippen LogP contribution in [0.1, 0.15) is 12.8 Å². The van der Waals surface area contributed by atoms with Gasteiger partial charge in [0.05, 0.1) is 0 Å². The Morgan fingerprint density at radius 1 is 1.44 bits per heavy atom. The molecule has 0 unspecified atom stereocenters. The number of nitrogens with one attached hydrogen (secondary N) is 1. The first kappa shape index (κ1) is 5.69. The average Bonchev–Trinajstić information content (AvgIpc) is 2.10. The molecule has 1 heterocycles. The lowest BCUT2D eigenvalue weighted by molar-refractivity contribution is 0.227. The molecule has 0 aromatic rings. The zero-order valence-electron chi connectivity index (χ0n) is 5.51. The zero-order valence-corrected chi connectivity index (χ0v) is 5.51. The standard InChI is InChI=1S/C7H13NO/c9-4-5-1-6-3-8-7(6)2-5/h5-9H,1-4H2/t5-,6+,7+/m1/s1. The van der Waals surface area contributed by atoms with E-state index >= 15 is 0 Å². The third-order valence-electron chi connectivity index (χ3n) is 2.69. The Labute approximate surface area is 55.3 Å². The van der Waals surface area contributed by atoms with Gasteiger partial charge in [-0.1, -0.05) is 0 Å². The summed E-state index contributed by atoms with van der Waals surface area (Å²) in [5, 5.41) is 12.2. The van der Waals surface area contributed by atoms with E-state index in [1.54, 1.807) is 0 Å². The number of fused-ring (bicyclic) bond motifs is 1. The molecule has 2 rings (SSSR count). The van der Waals surface area contributed by atoms with Gasteiger partial charge in [0.1, 0.15) is 0 Å². The molecule has 9 heavy (non-hydrogen) atoms. The van der Waals surface area contributed by atoms with Gasteiger partial charge >= 0.3 is 0 Å². The molecule has 2 aliphatic rings. The van der Waals surface area contributed by atoms with Crippen molar-refractivity contribution in [3.8, 4) is 0 Å². The molecule has 2 heteroatoms. The summed E-state index contributed by atoms with van der Waals surface area (Å²) >= 11 is 0. The fraction of sp³-hybridized carbons (Fsp3) is 1.00. The van der Waals surface area contributed by atoms with Crippen LogP contribution >= 0.6 is 0 Å². The molecular weight excluding hydrogens is 114 g/mol. The Morgan fingerprint density at radius 3 is 2.67 bits per heavy atom. The zero-order chi connectivity index (χ0) is 6.27. The molecule has 2 fully saturated rings. The van der Waals surface area contributed by atoms with E-state index < -0.39 is 0 Å². The first-order valence-electron chi connectivity index (χ1n) is 3.74. The average molecular weight is 127 g/mol. The molecule has 0 aromatic heterocycles. The van der Waals surface area contributed by atoms with Crippen molar-refractivity contribution in [3.05, 3.63) is 0 Å². The van der Waals surface area contributed by atoms with Gasteiger partial charge in [0.15, 0.2) is 0 Å². The van der Waals surface area contributed by atoms with Gasteiger partial charge in [-0.05, 0) is 31.2 Å². The maximum Gasteiger partial charge on any atom is 0.0459 e. The van der Waals surface area contributed by atoms with Crippen LogP contribution in [0.4, 0.5) is 0 Å². The number of hydrogen-bond acceptors (Lipinski definition) is 2. The van der Waals surface area contributed by atoms with Crippen molar-refractivity contribution < 1.29 is 5.11 Å². The van der Waals surface area contributed by atoms with E-state index in [0.29, 0.717) is 12.5 Å². The highest BCUT2D eigenvalue weighted by Gasteiger charge is 2.39. The van der Waals surface area contributed by atoms with Crippen molar-refractivity contribution in [2.45, 2.75) is 18.9 Å². The quantitative estimate of drug-likeness (QED) is 0.518. The minimum absolute atomic E-state index is 0.398. The van der Waals surface area contributed by atoms with Gasteiger partial charge in [-0.2, -0.15) is 0 Å². The Balaban J connectivity index is 1.91. The van der Waals surface area contributed by atoms with Crippen molar-refractivity contribution in [1.82, 2.24) is 5.32 Å². The van der Waals surface area contributed by atoms with Crippen LogP contribution in [0.3, 0.4) is 0 Å². The Bertz CT molecular complexity index is 103. The van der Waals surface area contributed by atoms with E-state index in [0.717, 1.165) is 12.0 Å². The normalized spacial score (nSPS) is 48.3. The van der Waals surface area contributed by atoms with Gasteiger partial charge in [-0.3, -0.25) is 0 Å². The minimum Gasteiger partial charge on any atom is -0.396 e. The highest BCUT2D eigenvalue weighted by atomic mass is 16.3. The van der Waals surface area contributed by atoms with Crippen LogP contribution in [0.25, 0.3) is 0 Å². The van der Waals surface area contributed by atoms with Gasteiger partial charge in [0.25, 0.3) is 0 Å². The molecular formula is C7H13NO. The fourth-order valence-corrected chi connectivity index (χ4v) is 2.01. The van der Waals surface area contributed by atoms with E-state index in [1.807, 2.05) is 0 Å². The second-order valence-electron chi connectivity index (χ2n) is 3.29. The van der Waals surface area contributed by atoms with Crippen molar-refractivity contribution in [2.24, 2.45) is 11.8 Å². The molecule has 1 aliphatic heterocycles. The smallest absolute Gasteiger partial charge is 0.0459 e. The van der Waals surface area contributed by atoms with E-state index in [4.69, 9.17) is 5.11 Å². The minimum atomic E-state index is 0.398. The topological polar surface area (TPSA) is 32.3 Å². The van der Waals surface area contributed by atoms with Gasteiger partial charge in [-0.15, -0.1) is 0 Å². The molecule has 0 amide bonds. The second kappa shape index (κ2) is 1.96. The predicted molar refractivity (Wildman–Crippen MR) is 35.1 cm³/mol. The van der Waals surface area contributed by atoms with E-state index in [1.165, 1.54) is 19.4 Å². The third kappa shape index (κ3) is 0.775. The van der Waals surface area contributed by atoms with Crippen molar-refractivity contribution in [1.29, 1.82) is 0 Å². The molecule has 0 radical (unpaired) electrons. The van der Waals surface area contributed by atoms with E-state index in [-0.39, 0.29) is 0 Å². The molecule has 0 aromatic carbocycles. The van der Waals surface area contributed by atoms with Gasteiger partial charge in [-0.25, -0.2) is 0 Å². The number of hydrogen-bond donors (Lipinski definition) is 2. The predicted octanol–water partition coefficient (Wildman–Crippen LogP) is -0.0233. The first-order chi connectivity index (χ1) is 4.40. The summed E-state index contributed by atoms with van der Waals surface area (Å²) in [5.41, 5.74) is 0. The van der Waals surface area contributed by atoms with E-state index in [9.17, 15) is 0 Å². The lowest BCUT2D eigenvalue weighted by Crippen LogP contribution is -2.49. The summed E-state index contributed by atoms with van der Waals surface area (Å²) in [6, 6.07) is 0.766. The van der Waals surface area contributed by atoms with Crippen LogP contribution in [0.2, 0.25) is 0 Å². The summed E-state index contributed by atoms with van der Waals surface area (Å²) in [6.07, 6.45) is 2.47. The number of aliphatic hydroxyl groups is 1. The highest BCUT2D eigenvalue weighted by molar-refractivity contribution is 4.96. The summed E-state index contributed by atoms with van der Waals surface area (Å²) in [6.45, 7) is 1.59. The van der Waals surface area contributed by atoms with Crippen LogP contribution in [0, 0.1) is 11.8 Å². The van der Waals surface area contributed by atoms with Crippen LogP contribution in [0.15, 0.2) is 0 Å². The van der Waals surface area contributed by atoms with Gasteiger partial charge < -0.3 is 10.4 Å². The summed E-state index contributed by atoms with van der Waals surface area (Å²) in [5.74, 6) is 1.51. The first-order valence-corrected chi connectivity index (χ1v) is 3.74. The maximum absolute atomic E-state index is 8.80. The SMILES string of the molecule is OC[C@@H]1C[C@H]2CN[C@H]2C1. The van der Waals surface area contributed by atoms with Gasteiger partial charge in [0, 0.05) is 12.6 Å². The lowest BCUT2D eigenvalue weighted by atomic mass is 9.96. The molecule has 1 saturated carbocycles. The molecule has 3 atom stereocenters. The van der Waals surface area contributed by atoms with Gasteiger partial charge in [0.2, 0.25) is 0 Å². The summed E-state index contributed by atoms with van der Waals surface area (Å²) in [7, 11) is 0. The van der Waals surface area contributed by atoms with Crippen LogP contribution in [-0.4, -0.2) is 24.3 Å². The monoisotopic (exact) mass is 127 g/mol. The van der Waals surface area contributed by atoms with Crippen LogP contribution in [-0.2, 0) is 0 Å². The summed E-state index contributed by atoms with van der Waals surface area (Å²) < 4.78 is 0. The lowest BCUT2D eigenvalue weighted by Gasteiger charge is -2.31.